The van der Waals surface area contributed by atoms with Gasteiger partial charge in [0.15, 0.2) is 0 Å². The largest absolute Gasteiger partial charge is 0.467 e. The third-order valence-electron chi connectivity index (χ3n) is 0.765. The number of methoxy groups -OCH3 is 1. The Hall–Kier alpha value is -0.610. The van der Waals surface area contributed by atoms with Gasteiger partial charge in [0.2, 0.25) is 0 Å². The van der Waals surface area contributed by atoms with Crippen LogP contribution < -0.4 is 0 Å². The van der Waals surface area contributed by atoms with Crippen LogP contribution in [0.2, 0.25) is 0 Å². The highest BCUT2D eigenvalue weighted by Crippen LogP contribution is 1.64. The fraction of sp³-hybridized carbons (Fsp3) is 0.857. The zero-order chi connectivity index (χ0) is 9.11. The number of carbonyl (C=O) groups is 1. The molecule has 4 heteroatoms. The highest BCUT2D eigenvalue weighted by atomic mass is 16.5. The molecule has 68 valence electrons. The Labute approximate surface area is 67.1 Å². The van der Waals surface area contributed by atoms with Gasteiger partial charge in [0, 0.05) is 13.2 Å². The first-order chi connectivity index (χ1) is 5.22. The molecule has 0 rings (SSSR count). The Bertz CT molecular complexity index is 74.5. The summed E-state index contributed by atoms with van der Waals surface area (Å²) in [5.74, 6) is -0.602. The summed E-state index contributed by atoms with van der Waals surface area (Å²) in [6.45, 7) is 5.14. The summed E-state index contributed by atoms with van der Waals surface area (Å²) in [6, 6.07) is 0. The van der Waals surface area contributed by atoms with Crippen LogP contribution in [0.25, 0.3) is 0 Å². The molecule has 0 amide bonds. The van der Waals surface area contributed by atoms with Gasteiger partial charge in [0.25, 0.3) is 0 Å². The van der Waals surface area contributed by atoms with Crippen molar-refractivity contribution in [2.24, 2.45) is 0 Å². The van der Waals surface area contributed by atoms with Crippen molar-refractivity contribution < 1.29 is 19.4 Å². The highest BCUT2D eigenvalue weighted by Gasteiger charge is 1.89. The molecule has 0 radical (unpaired) electrons. The van der Waals surface area contributed by atoms with Crippen LogP contribution >= 0.6 is 0 Å². The molecule has 0 saturated carbocycles. The van der Waals surface area contributed by atoms with Gasteiger partial charge < -0.3 is 14.6 Å². The topological polar surface area (TPSA) is 55.8 Å². The molecule has 0 aromatic carbocycles. The lowest BCUT2D eigenvalue weighted by Crippen LogP contribution is -2.04. The molecular formula is C7H16O4. The summed E-state index contributed by atoms with van der Waals surface area (Å²) < 4.78 is 8.84. The molecule has 0 spiro atoms. The van der Waals surface area contributed by atoms with E-state index in [1.54, 1.807) is 0 Å². The van der Waals surface area contributed by atoms with Crippen molar-refractivity contribution in [3.63, 3.8) is 0 Å². The second-order valence-corrected chi connectivity index (χ2v) is 1.52. The summed E-state index contributed by atoms with van der Waals surface area (Å²) in [6.07, 6.45) is 0. The van der Waals surface area contributed by atoms with E-state index in [0.717, 1.165) is 13.2 Å². The van der Waals surface area contributed by atoms with Crippen LogP contribution in [0.5, 0.6) is 0 Å². The summed E-state index contributed by atoms with van der Waals surface area (Å²) in [7, 11) is 1.22. The van der Waals surface area contributed by atoms with Crippen molar-refractivity contribution >= 4 is 5.97 Å². The molecular weight excluding hydrogens is 148 g/mol. The van der Waals surface area contributed by atoms with Crippen molar-refractivity contribution in [2.45, 2.75) is 13.8 Å². The maximum absolute atomic E-state index is 9.71. The summed E-state index contributed by atoms with van der Waals surface area (Å²) in [5, 5.41) is 7.86. The van der Waals surface area contributed by atoms with Crippen LogP contribution in [-0.2, 0) is 14.3 Å². The van der Waals surface area contributed by atoms with Crippen molar-refractivity contribution in [1.82, 2.24) is 0 Å². The number of rotatable bonds is 3. The van der Waals surface area contributed by atoms with Gasteiger partial charge in [-0.3, -0.25) is 0 Å². The normalized spacial score (nSPS) is 8.00. The molecule has 0 unspecified atom stereocenters. The number of aliphatic hydroxyl groups excluding tert-OH is 1. The molecule has 0 bridgehead atoms. The minimum atomic E-state index is -0.602. The Morgan fingerprint density at radius 2 is 1.82 bits per heavy atom. The van der Waals surface area contributed by atoms with E-state index in [2.05, 4.69) is 4.74 Å². The van der Waals surface area contributed by atoms with Gasteiger partial charge in [0.05, 0.1) is 7.11 Å². The first-order valence-electron chi connectivity index (χ1n) is 3.48. The maximum Gasteiger partial charge on any atom is 0.331 e. The zero-order valence-electron chi connectivity index (χ0n) is 7.29. The van der Waals surface area contributed by atoms with E-state index in [9.17, 15) is 4.79 Å². The average molecular weight is 164 g/mol. The summed E-state index contributed by atoms with van der Waals surface area (Å²) in [4.78, 5) is 9.71. The second-order valence-electron chi connectivity index (χ2n) is 1.52. The van der Waals surface area contributed by atoms with Gasteiger partial charge in [-0.15, -0.1) is 0 Å². The Morgan fingerprint density at radius 1 is 1.36 bits per heavy atom. The Balaban J connectivity index is 0. The molecule has 11 heavy (non-hydrogen) atoms. The lowest BCUT2D eigenvalue weighted by Gasteiger charge is -1.86. The number of ether oxygens (including phenoxy) is 2. The van der Waals surface area contributed by atoms with Crippen LogP contribution in [0.3, 0.4) is 0 Å². The molecule has 0 aliphatic heterocycles. The molecule has 0 saturated heterocycles. The van der Waals surface area contributed by atoms with Crippen molar-refractivity contribution in [2.75, 3.05) is 26.9 Å². The lowest BCUT2D eigenvalue weighted by atomic mass is 10.8. The molecule has 0 aliphatic rings. The van der Waals surface area contributed by atoms with Crippen LogP contribution in [0.15, 0.2) is 0 Å². The van der Waals surface area contributed by atoms with Crippen LogP contribution in [0.1, 0.15) is 13.8 Å². The van der Waals surface area contributed by atoms with Gasteiger partial charge in [-0.1, -0.05) is 0 Å². The zero-order valence-corrected chi connectivity index (χ0v) is 7.29. The van der Waals surface area contributed by atoms with E-state index >= 15 is 0 Å². The van der Waals surface area contributed by atoms with Crippen molar-refractivity contribution in [3.8, 4) is 0 Å². The number of esters is 1. The second kappa shape index (κ2) is 12.1. The SMILES string of the molecule is CCOCC.COC(=O)CO. The van der Waals surface area contributed by atoms with E-state index in [1.165, 1.54) is 7.11 Å². The predicted molar refractivity (Wildman–Crippen MR) is 41.3 cm³/mol. The number of hydrogen-bond acceptors (Lipinski definition) is 4. The minimum absolute atomic E-state index is 0.531. The van der Waals surface area contributed by atoms with Crippen molar-refractivity contribution in [1.29, 1.82) is 0 Å². The van der Waals surface area contributed by atoms with Crippen LogP contribution in [0.4, 0.5) is 0 Å². The monoisotopic (exact) mass is 164 g/mol. The molecule has 0 aromatic rings. The highest BCUT2D eigenvalue weighted by molar-refractivity contribution is 5.70. The number of carbonyl (C=O) groups excluding carboxylic acids is 1. The minimum Gasteiger partial charge on any atom is -0.467 e. The molecule has 0 atom stereocenters. The predicted octanol–water partition coefficient (Wildman–Crippen LogP) is 0.194. The Morgan fingerprint density at radius 3 is 1.82 bits per heavy atom. The smallest absolute Gasteiger partial charge is 0.331 e. The molecule has 4 nitrogen and oxygen atoms in total. The van der Waals surface area contributed by atoms with E-state index in [-0.39, 0.29) is 0 Å². The number of aliphatic hydroxyl groups is 1. The molecule has 0 aromatic heterocycles. The van der Waals surface area contributed by atoms with E-state index in [1.807, 2.05) is 13.8 Å². The van der Waals surface area contributed by atoms with Crippen LogP contribution in [-0.4, -0.2) is 38.0 Å². The van der Waals surface area contributed by atoms with E-state index < -0.39 is 12.6 Å². The third kappa shape index (κ3) is 17.7. The van der Waals surface area contributed by atoms with E-state index in [0.29, 0.717) is 0 Å². The lowest BCUT2D eigenvalue weighted by molar-refractivity contribution is -0.143. The standard InChI is InChI=1S/C4H10O.C3H6O3/c1-3-5-4-2;1-6-3(5)2-4/h3-4H2,1-2H3;4H,2H2,1H3. The summed E-state index contributed by atoms with van der Waals surface area (Å²) in [5.41, 5.74) is 0. The maximum atomic E-state index is 9.71. The van der Waals surface area contributed by atoms with E-state index in [4.69, 9.17) is 9.84 Å². The first kappa shape index (κ1) is 13.0. The fourth-order valence-corrected chi connectivity index (χ4v) is 0.269. The average Bonchev–Trinajstić information content (AvgIpc) is 2.06. The van der Waals surface area contributed by atoms with Gasteiger partial charge in [-0.25, -0.2) is 4.79 Å². The summed E-state index contributed by atoms with van der Waals surface area (Å²) >= 11 is 0. The molecule has 0 fully saturated rings. The van der Waals surface area contributed by atoms with Gasteiger partial charge in [-0.05, 0) is 13.8 Å². The molecule has 0 heterocycles. The van der Waals surface area contributed by atoms with Gasteiger partial charge in [-0.2, -0.15) is 0 Å². The first-order valence-corrected chi connectivity index (χ1v) is 3.48. The van der Waals surface area contributed by atoms with Crippen LogP contribution in [0, 0.1) is 0 Å². The van der Waals surface area contributed by atoms with Gasteiger partial charge >= 0.3 is 5.97 Å². The molecule has 0 aliphatic carbocycles. The number of hydrogen-bond donors (Lipinski definition) is 1. The van der Waals surface area contributed by atoms with Gasteiger partial charge in [0.1, 0.15) is 6.61 Å². The Kier molecular flexibility index (Phi) is 14.3. The molecule has 1 N–H and O–H groups in total. The van der Waals surface area contributed by atoms with Crippen molar-refractivity contribution in [3.05, 3.63) is 0 Å². The third-order valence-corrected chi connectivity index (χ3v) is 0.765. The quantitative estimate of drug-likeness (QED) is 0.605. The fourth-order valence-electron chi connectivity index (χ4n) is 0.269.